The lowest BCUT2D eigenvalue weighted by atomic mass is 9.90. The van der Waals surface area contributed by atoms with Gasteiger partial charge < -0.3 is 5.11 Å². The number of rotatable bonds is 3. The molecular weight excluding hydrogens is 448 g/mol. The molecule has 2 aromatic rings. The molecule has 0 aromatic heterocycles. The van der Waals surface area contributed by atoms with Crippen molar-refractivity contribution in [3.8, 4) is 5.75 Å². The average Bonchev–Trinajstić information content (AvgIpc) is 3.14. The van der Waals surface area contributed by atoms with Gasteiger partial charge in [0, 0.05) is 21.1 Å². The third kappa shape index (κ3) is 2.98. The van der Waals surface area contributed by atoms with E-state index in [1.807, 2.05) is 0 Å². The van der Waals surface area contributed by atoms with Crippen LogP contribution in [0.15, 0.2) is 46.9 Å². The van der Waals surface area contributed by atoms with Gasteiger partial charge >= 0.3 is 0 Å². The highest BCUT2D eigenvalue weighted by atomic mass is 79.9. The number of aromatic hydroxyl groups is 1. The normalized spacial score (nSPS) is 24.4. The Labute approximate surface area is 175 Å². The third-order valence-electron chi connectivity index (χ3n) is 5.06. The Hall–Kier alpha value is -2.09. The molecule has 0 unspecified atom stereocenters. The van der Waals surface area contributed by atoms with Crippen LogP contribution in [0.5, 0.6) is 5.75 Å². The highest BCUT2D eigenvalue weighted by Gasteiger charge is 2.60. The van der Waals surface area contributed by atoms with Crippen molar-refractivity contribution in [2.75, 3.05) is 5.06 Å². The summed E-state index contributed by atoms with van der Waals surface area (Å²) in [4.78, 5) is 33.2. The number of carbonyl (C=O) groups excluding carboxylic acids is 2. The maximum Gasteiger partial charge on any atom is 0.262 e. The number of likely N-dealkylation sites (tertiary alicyclic amines) is 1. The van der Waals surface area contributed by atoms with E-state index in [-0.39, 0.29) is 23.6 Å². The summed E-state index contributed by atoms with van der Waals surface area (Å²) >= 11 is 9.41. The number of halogens is 2. The predicted octanol–water partition coefficient (Wildman–Crippen LogP) is 4.06. The average molecular weight is 466 g/mol. The Kier molecular flexibility index (Phi) is 4.85. The van der Waals surface area contributed by atoms with Gasteiger partial charge in [0.2, 0.25) is 5.91 Å². The van der Waals surface area contributed by atoms with Crippen LogP contribution in [-0.2, 0) is 14.4 Å². The summed E-state index contributed by atoms with van der Waals surface area (Å²) in [6.45, 7) is 3.58. The number of amides is 2. The lowest BCUT2D eigenvalue weighted by Gasteiger charge is -2.30. The Morgan fingerprint density at radius 2 is 1.79 bits per heavy atom. The molecule has 0 radical (unpaired) electrons. The van der Waals surface area contributed by atoms with E-state index >= 15 is 0 Å². The van der Waals surface area contributed by atoms with Crippen molar-refractivity contribution in [1.29, 1.82) is 0 Å². The predicted molar refractivity (Wildman–Crippen MR) is 108 cm³/mol. The fourth-order valence-electron chi connectivity index (χ4n) is 3.83. The van der Waals surface area contributed by atoms with Crippen molar-refractivity contribution in [2.24, 2.45) is 5.92 Å². The Balaban J connectivity index is 1.85. The van der Waals surface area contributed by atoms with E-state index < -0.39 is 18.1 Å². The molecule has 8 heteroatoms. The van der Waals surface area contributed by atoms with Gasteiger partial charge in [-0.05, 0) is 56.3 Å². The first-order valence-corrected chi connectivity index (χ1v) is 10.0. The molecule has 6 nitrogen and oxygen atoms in total. The molecule has 0 bridgehead atoms. The second-order valence-corrected chi connectivity index (χ2v) is 8.49. The van der Waals surface area contributed by atoms with Crippen LogP contribution < -0.4 is 5.06 Å². The zero-order valence-electron chi connectivity index (χ0n) is 15.2. The molecule has 2 fully saturated rings. The monoisotopic (exact) mass is 464 g/mol. The smallest absolute Gasteiger partial charge is 0.262 e. The molecule has 2 heterocycles. The van der Waals surface area contributed by atoms with Gasteiger partial charge in [-0.15, -0.1) is 0 Å². The van der Waals surface area contributed by atoms with Gasteiger partial charge in [-0.2, -0.15) is 0 Å². The van der Waals surface area contributed by atoms with Crippen LogP contribution in [0.4, 0.5) is 5.69 Å². The molecule has 2 aromatic carbocycles. The number of nitrogens with zero attached hydrogens (tertiary/aromatic N) is 2. The van der Waals surface area contributed by atoms with Crippen LogP contribution in [-0.4, -0.2) is 34.0 Å². The van der Waals surface area contributed by atoms with Crippen LogP contribution in [0.3, 0.4) is 0 Å². The van der Waals surface area contributed by atoms with Gasteiger partial charge in [0.1, 0.15) is 11.7 Å². The molecule has 1 N–H and O–H groups in total. The second kappa shape index (κ2) is 7.06. The summed E-state index contributed by atoms with van der Waals surface area (Å²) in [5, 5.41) is 12.6. The van der Waals surface area contributed by atoms with E-state index in [1.54, 1.807) is 56.3 Å². The largest absolute Gasteiger partial charge is 0.508 e. The molecule has 28 heavy (non-hydrogen) atoms. The molecule has 0 aliphatic carbocycles. The Bertz CT molecular complexity index is 950. The van der Waals surface area contributed by atoms with Crippen molar-refractivity contribution in [3.05, 3.63) is 57.5 Å². The summed E-state index contributed by atoms with van der Waals surface area (Å²) in [7, 11) is 0. The molecule has 0 saturated carbocycles. The molecule has 4 rings (SSSR count). The highest BCUT2D eigenvalue weighted by molar-refractivity contribution is 9.10. The lowest BCUT2D eigenvalue weighted by Crippen LogP contribution is -2.41. The highest BCUT2D eigenvalue weighted by Crippen LogP contribution is 2.49. The van der Waals surface area contributed by atoms with E-state index in [1.165, 1.54) is 9.96 Å². The van der Waals surface area contributed by atoms with Crippen LogP contribution in [0.1, 0.15) is 25.5 Å². The quantitative estimate of drug-likeness (QED) is 0.692. The minimum absolute atomic E-state index is 0.0275. The molecule has 0 spiro atoms. The number of anilines is 1. The van der Waals surface area contributed by atoms with Crippen LogP contribution in [0, 0.1) is 5.92 Å². The number of phenolic OH excluding ortho intramolecular Hbond substituents is 1. The second-order valence-electron chi connectivity index (χ2n) is 7.14. The van der Waals surface area contributed by atoms with Crippen LogP contribution >= 0.6 is 27.5 Å². The summed E-state index contributed by atoms with van der Waals surface area (Å²) in [6, 6.07) is 11.0. The van der Waals surface area contributed by atoms with Crippen LogP contribution in [0.25, 0.3) is 0 Å². The summed E-state index contributed by atoms with van der Waals surface area (Å²) in [5.74, 6) is -1.39. The maximum absolute atomic E-state index is 13.1. The molecule has 2 aliphatic heterocycles. The summed E-state index contributed by atoms with van der Waals surface area (Å²) in [5.41, 5.74) is 1.14. The van der Waals surface area contributed by atoms with E-state index in [4.69, 9.17) is 16.4 Å². The molecular formula is C20H18BrClN2O4. The van der Waals surface area contributed by atoms with Crippen molar-refractivity contribution in [3.63, 3.8) is 0 Å². The number of imide groups is 1. The number of carbonyl (C=O) groups is 2. The Morgan fingerprint density at radius 1 is 1.11 bits per heavy atom. The van der Waals surface area contributed by atoms with Gasteiger partial charge in [0.15, 0.2) is 6.10 Å². The van der Waals surface area contributed by atoms with E-state index in [0.717, 1.165) is 4.47 Å². The topological polar surface area (TPSA) is 70.1 Å². The fourth-order valence-corrected chi connectivity index (χ4v) is 4.34. The number of hydrogen-bond acceptors (Lipinski definition) is 5. The van der Waals surface area contributed by atoms with Gasteiger partial charge in [0.25, 0.3) is 5.91 Å². The maximum atomic E-state index is 13.1. The van der Waals surface area contributed by atoms with Crippen LogP contribution in [0.2, 0.25) is 5.02 Å². The summed E-state index contributed by atoms with van der Waals surface area (Å²) in [6.07, 6.45) is -0.936. The SMILES string of the molecule is CC(C)N1C(=O)[C@@H]2[C@H](ON(c3ccc(Cl)cc3)[C@@H]2c2cc(Br)ccc2O)C1=O. The fraction of sp³-hybridized carbons (Fsp3) is 0.300. The van der Waals surface area contributed by atoms with E-state index in [9.17, 15) is 14.7 Å². The van der Waals surface area contributed by atoms with Gasteiger partial charge in [-0.3, -0.25) is 19.3 Å². The zero-order chi connectivity index (χ0) is 20.2. The number of hydrogen-bond donors (Lipinski definition) is 1. The first kappa shape index (κ1) is 19.2. The lowest BCUT2D eigenvalue weighted by molar-refractivity contribution is -0.145. The van der Waals surface area contributed by atoms with E-state index in [2.05, 4.69) is 15.9 Å². The standard InChI is InChI=1S/C20H18BrClN2O4/c1-10(2)23-19(26)16-17(14-9-11(21)3-8-15(14)25)24(28-18(16)20(23)27)13-6-4-12(22)5-7-13/h3-10,16-18,25H,1-2H3/t16-,17+,18-/m0/s1. The van der Waals surface area contributed by atoms with Gasteiger partial charge in [-0.25, -0.2) is 5.06 Å². The van der Waals surface area contributed by atoms with Crippen molar-refractivity contribution >= 4 is 45.0 Å². The molecule has 3 atom stereocenters. The van der Waals surface area contributed by atoms with Crippen molar-refractivity contribution < 1.29 is 19.5 Å². The molecule has 2 aliphatic rings. The number of benzene rings is 2. The van der Waals surface area contributed by atoms with E-state index in [0.29, 0.717) is 16.3 Å². The third-order valence-corrected chi connectivity index (χ3v) is 5.80. The van der Waals surface area contributed by atoms with Crippen molar-refractivity contribution in [1.82, 2.24) is 4.90 Å². The minimum atomic E-state index is -0.936. The zero-order valence-corrected chi connectivity index (χ0v) is 17.5. The minimum Gasteiger partial charge on any atom is -0.508 e. The number of hydroxylamine groups is 1. The Morgan fingerprint density at radius 3 is 2.43 bits per heavy atom. The first-order chi connectivity index (χ1) is 13.3. The van der Waals surface area contributed by atoms with Gasteiger partial charge in [-0.1, -0.05) is 27.5 Å². The summed E-state index contributed by atoms with van der Waals surface area (Å²) < 4.78 is 0.747. The first-order valence-electron chi connectivity index (χ1n) is 8.86. The molecule has 146 valence electrons. The molecule has 2 saturated heterocycles. The number of fused-ring (bicyclic) bond motifs is 1. The molecule has 2 amide bonds. The van der Waals surface area contributed by atoms with Crippen molar-refractivity contribution in [2.45, 2.75) is 32.0 Å². The van der Waals surface area contributed by atoms with Gasteiger partial charge in [0.05, 0.1) is 11.7 Å². The number of phenols is 1.